The van der Waals surface area contributed by atoms with Gasteiger partial charge < -0.3 is 14.5 Å². The van der Waals surface area contributed by atoms with Gasteiger partial charge in [-0.05, 0) is 51.1 Å². The Morgan fingerprint density at radius 3 is 2.76 bits per heavy atom. The van der Waals surface area contributed by atoms with E-state index < -0.39 is 0 Å². The third kappa shape index (κ3) is 5.15. The number of amides is 1. The number of benzene rings is 1. The molecular formula is C23H30N4O2. The minimum atomic E-state index is -0.119. The summed E-state index contributed by atoms with van der Waals surface area (Å²) < 4.78 is 7.94. The number of nitrogens with one attached hydrogen (secondary N) is 1. The first-order valence-electron chi connectivity index (χ1n) is 10.2. The third-order valence-corrected chi connectivity index (χ3v) is 5.06. The van der Waals surface area contributed by atoms with Gasteiger partial charge in [-0.3, -0.25) is 9.69 Å². The molecule has 0 radical (unpaired) electrons. The fourth-order valence-corrected chi connectivity index (χ4v) is 3.40. The predicted molar refractivity (Wildman–Crippen MR) is 115 cm³/mol. The van der Waals surface area contributed by atoms with Gasteiger partial charge in [-0.2, -0.15) is 0 Å². The number of imidazole rings is 1. The second kappa shape index (κ2) is 9.56. The lowest BCUT2D eigenvalue weighted by molar-refractivity contribution is 0.0941. The van der Waals surface area contributed by atoms with Gasteiger partial charge in [0.05, 0.1) is 11.3 Å². The monoisotopic (exact) mass is 394 g/mol. The van der Waals surface area contributed by atoms with E-state index >= 15 is 0 Å². The molecule has 2 aromatic heterocycles. The van der Waals surface area contributed by atoms with Crippen molar-refractivity contribution in [1.29, 1.82) is 0 Å². The van der Waals surface area contributed by atoms with Crippen LogP contribution in [0, 0.1) is 6.92 Å². The third-order valence-electron chi connectivity index (χ3n) is 5.06. The summed E-state index contributed by atoms with van der Waals surface area (Å²) in [6.45, 7) is 11.2. The van der Waals surface area contributed by atoms with Crippen LogP contribution in [0.4, 0.5) is 0 Å². The first-order valence-corrected chi connectivity index (χ1v) is 10.2. The molecule has 6 nitrogen and oxygen atoms in total. The second-order valence-corrected chi connectivity index (χ2v) is 7.42. The maximum atomic E-state index is 12.7. The largest absolute Gasteiger partial charge is 0.486 e. The Balaban J connectivity index is 1.63. The summed E-state index contributed by atoms with van der Waals surface area (Å²) in [5, 5.41) is 3.01. The predicted octanol–water partition coefficient (Wildman–Crippen LogP) is 3.68. The Bertz CT molecular complexity index is 964. The van der Waals surface area contributed by atoms with E-state index in [4.69, 9.17) is 4.74 Å². The molecule has 1 amide bonds. The van der Waals surface area contributed by atoms with Crippen LogP contribution in [0.5, 0.6) is 5.75 Å². The van der Waals surface area contributed by atoms with Gasteiger partial charge in [0.2, 0.25) is 0 Å². The first-order chi connectivity index (χ1) is 14.0. The zero-order chi connectivity index (χ0) is 20.8. The van der Waals surface area contributed by atoms with Gasteiger partial charge in [0.15, 0.2) is 0 Å². The van der Waals surface area contributed by atoms with E-state index in [9.17, 15) is 4.79 Å². The van der Waals surface area contributed by atoms with Gasteiger partial charge in [0, 0.05) is 31.5 Å². The highest BCUT2D eigenvalue weighted by molar-refractivity contribution is 5.96. The van der Waals surface area contributed by atoms with Crippen molar-refractivity contribution in [1.82, 2.24) is 19.6 Å². The van der Waals surface area contributed by atoms with Gasteiger partial charge >= 0.3 is 0 Å². The highest BCUT2D eigenvalue weighted by Gasteiger charge is 2.14. The molecule has 0 unspecified atom stereocenters. The van der Waals surface area contributed by atoms with Gasteiger partial charge in [-0.1, -0.05) is 25.1 Å². The number of aryl methyl sites for hydroxylation is 1. The average molecular weight is 395 g/mol. The molecule has 0 aliphatic rings. The normalized spacial score (nSPS) is 11.4. The lowest BCUT2D eigenvalue weighted by Gasteiger charge is -2.24. The van der Waals surface area contributed by atoms with Crippen LogP contribution in [0.25, 0.3) is 5.65 Å². The Morgan fingerprint density at radius 1 is 1.24 bits per heavy atom. The van der Waals surface area contributed by atoms with Gasteiger partial charge in [-0.25, -0.2) is 4.98 Å². The number of carbonyl (C=O) groups is 1. The number of aromatic nitrogens is 2. The highest BCUT2D eigenvalue weighted by atomic mass is 16.5. The van der Waals surface area contributed by atoms with Crippen LogP contribution < -0.4 is 10.1 Å². The van der Waals surface area contributed by atoms with Gasteiger partial charge in [-0.15, -0.1) is 0 Å². The number of nitrogens with zero attached hydrogens (tertiary/aromatic N) is 3. The first kappa shape index (κ1) is 20.9. The van der Waals surface area contributed by atoms with Crippen molar-refractivity contribution >= 4 is 11.6 Å². The number of likely N-dealkylation sites (N-methyl/N-ethyl adjacent to an activating group) is 1. The molecule has 0 aliphatic carbocycles. The molecule has 0 fully saturated rings. The molecule has 154 valence electrons. The highest BCUT2D eigenvalue weighted by Crippen LogP contribution is 2.20. The lowest BCUT2D eigenvalue weighted by Crippen LogP contribution is -2.38. The molecule has 6 heteroatoms. The average Bonchev–Trinajstić information content (AvgIpc) is 3.14. The van der Waals surface area contributed by atoms with Crippen molar-refractivity contribution in [2.45, 2.75) is 40.3 Å². The molecule has 0 saturated heterocycles. The summed E-state index contributed by atoms with van der Waals surface area (Å²) in [5.74, 6) is 0.446. The van der Waals surface area contributed by atoms with Crippen LogP contribution in [0.2, 0.25) is 0 Å². The van der Waals surface area contributed by atoms with E-state index in [0.717, 1.165) is 30.0 Å². The number of para-hydroxylation sites is 1. The maximum Gasteiger partial charge on any atom is 0.255 e. The summed E-state index contributed by atoms with van der Waals surface area (Å²) >= 11 is 0. The van der Waals surface area contributed by atoms with E-state index in [-0.39, 0.29) is 5.91 Å². The second-order valence-electron chi connectivity index (χ2n) is 7.42. The quantitative estimate of drug-likeness (QED) is 0.601. The zero-order valence-electron chi connectivity index (χ0n) is 17.7. The molecule has 1 N–H and O–H groups in total. The van der Waals surface area contributed by atoms with Crippen LogP contribution in [-0.2, 0) is 6.61 Å². The molecule has 0 spiro atoms. The number of hydrogen-bond donors (Lipinski definition) is 1. The maximum absolute atomic E-state index is 12.7. The summed E-state index contributed by atoms with van der Waals surface area (Å²) in [6, 6.07) is 11.8. The van der Waals surface area contributed by atoms with Crippen molar-refractivity contribution in [2.75, 3.05) is 19.6 Å². The summed E-state index contributed by atoms with van der Waals surface area (Å²) in [4.78, 5) is 19.6. The van der Waals surface area contributed by atoms with Crippen molar-refractivity contribution in [3.8, 4) is 5.75 Å². The molecule has 2 heterocycles. The molecule has 0 atom stereocenters. The Morgan fingerprint density at radius 2 is 2.03 bits per heavy atom. The fraction of sp³-hybridized carbons (Fsp3) is 0.391. The number of fused-ring (bicyclic) bond motifs is 1. The molecular weight excluding hydrogens is 364 g/mol. The van der Waals surface area contributed by atoms with Crippen molar-refractivity contribution in [3.63, 3.8) is 0 Å². The van der Waals surface area contributed by atoms with Crippen molar-refractivity contribution in [3.05, 3.63) is 65.6 Å². The SMILES string of the molecule is CCN(CCNC(=O)c1ccccc1OCc1cn2cccc(C)c2n1)C(C)C. The molecule has 0 aliphatic heterocycles. The molecule has 29 heavy (non-hydrogen) atoms. The molecule has 0 saturated carbocycles. The van der Waals surface area contributed by atoms with Crippen LogP contribution in [0.3, 0.4) is 0 Å². The molecule has 3 rings (SSSR count). The number of rotatable bonds is 9. The summed E-state index contributed by atoms with van der Waals surface area (Å²) in [6.07, 6.45) is 3.92. The Labute approximate surface area is 172 Å². The lowest BCUT2D eigenvalue weighted by atomic mass is 10.2. The number of carbonyl (C=O) groups excluding carboxylic acids is 1. The molecule has 1 aromatic carbocycles. The van der Waals surface area contributed by atoms with E-state index in [0.29, 0.717) is 30.5 Å². The summed E-state index contributed by atoms with van der Waals surface area (Å²) in [7, 11) is 0. The van der Waals surface area contributed by atoms with E-state index in [1.54, 1.807) is 6.07 Å². The summed E-state index contributed by atoms with van der Waals surface area (Å²) in [5.41, 5.74) is 3.40. The van der Waals surface area contributed by atoms with Crippen LogP contribution in [0.1, 0.15) is 42.4 Å². The number of hydrogen-bond acceptors (Lipinski definition) is 4. The Kier molecular flexibility index (Phi) is 6.88. The van der Waals surface area contributed by atoms with Gasteiger partial charge in [0.25, 0.3) is 5.91 Å². The van der Waals surface area contributed by atoms with E-state index in [1.807, 2.05) is 54.0 Å². The molecule has 3 aromatic rings. The topological polar surface area (TPSA) is 58.9 Å². The standard InChI is InChI=1S/C23H30N4O2/c1-5-26(17(2)3)14-12-24-23(28)20-10-6-7-11-21(20)29-16-19-15-27-13-8-9-18(4)22(27)25-19/h6-11,13,15,17H,5,12,14,16H2,1-4H3,(H,24,28). The van der Waals surface area contributed by atoms with E-state index in [1.165, 1.54) is 0 Å². The zero-order valence-corrected chi connectivity index (χ0v) is 17.7. The minimum Gasteiger partial charge on any atom is -0.486 e. The van der Waals surface area contributed by atoms with Crippen LogP contribution >= 0.6 is 0 Å². The fourth-order valence-electron chi connectivity index (χ4n) is 3.40. The van der Waals surface area contributed by atoms with Crippen LogP contribution in [-0.4, -0.2) is 45.9 Å². The number of pyridine rings is 1. The molecule has 0 bridgehead atoms. The van der Waals surface area contributed by atoms with Gasteiger partial charge in [0.1, 0.15) is 18.0 Å². The smallest absolute Gasteiger partial charge is 0.255 e. The van der Waals surface area contributed by atoms with Crippen molar-refractivity contribution in [2.24, 2.45) is 0 Å². The Hall–Kier alpha value is -2.86. The van der Waals surface area contributed by atoms with Crippen molar-refractivity contribution < 1.29 is 9.53 Å². The van der Waals surface area contributed by atoms with E-state index in [2.05, 4.69) is 36.0 Å². The van der Waals surface area contributed by atoms with Crippen LogP contribution in [0.15, 0.2) is 48.8 Å². The number of ether oxygens (including phenoxy) is 1. The minimum absolute atomic E-state index is 0.119.